The predicted octanol–water partition coefficient (Wildman–Crippen LogP) is 5.35. The van der Waals surface area contributed by atoms with Crippen molar-refractivity contribution < 1.29 is 19.1 Å². The van der Waals surface area contributed by atoms with Gasteiger partial charge in [-0.2, -0.15) is 0 Å². The minimum atomic E-state index is -1.21. The van der Waals surface area contributed by atoms with Crippen molar-refractivity contribution in [1.82, 2.24) is 9.88 Å². The first-order chi connectivity index (χ1) is 18.2. The monoisotopic (exact) mass is 493 g/mol. The third-order valence-electron chi connectivity index (χ3n) is 7.48. The number of carboxylic acids is 1. The summed E-state index contributed by atoms with van der Waals surface area (Å²) in [6, 6.07) is 26.6. The van der Waals surface area contributed by atoms with E-state index in [9.17, 15) is 9.90 Å². The minimum Gasteiger partial charge on any atom is -0.546 e. The maximum Gasteiger partial charge on any atom is 0.212 e. The van der Waals surface area contributed by atoms with Crippen LogP contribution in [0, 0.1) is 0 Å². The highest BCUT2D eigenvalue weighted by atomic mass is 16.5. The predicted molar refractivity (Wildman–Crippen MR) is 139 cm³/mol. The lowest BCUT2D eigenvalue weighted by molar-refractivity contribution is -0.307. The molecule has 0 spiro atoms. The zero-order chi connectivity index (χ0) is 25.2. The Balaban J connectivity index is 1.36. The Morgan fingerprint density at radius 2 is 1.65 bits per heavy atom. The van der Waals surface area contributed by atoms with Gasteiger partial charge in [-0.05, 0) is 55.8 Å². The van der Waals surface area contributed by atoms with Crippen LogP contribution in [-0.2, 0) is 11.2 Å². The number of hydrogen-bond acceptors (Lipinski definition) is 6. The van der Waals surface area contributed by atoms with E-state index in [4.69, 9.17) is 14.1 Å². The van der Waals surface area contributed by atoms with Crippen LogP contribution >= 0.6 is 0 Å². The molecule has 0 saturated carbocycles. The summed E-state index contributed by atoms with van der Waals surface area (Å²) in [4.78, 5) is 18.6. The summed E-state index contributed by atoms with van der Waals surface area (Å²) >= 11 is 0. The van der Waals surface area contributed by atoms with Crippen molar-refractivity contribution in [2.45, 2.75) is 44.2 Å². The maximum atomic E-state index is 11.0. The normalized spacial score (nSPS) is 19.5. The molecule has 6 rings (SSSR count). The standard InChI is InChI=1S/C31H30N2O4/c34-28(35)20-36-27-18-8-14-23-24(27)15-7-16-25(23)33-19-9-17-26(33)31-32-29(21-10-3-1-4-11-21)30(37-31)22-12-5-2-6-13-22/h1-6,8,10-14,18,25-26H,7,9,15-17,19-20H2,(H,34,35)/p-1. The number of nitrogens with zero attached hydrogens (tertiary/aromatic N) is 2. The molecule has 2 unspecified atom stereocenters. The molecule has 188 valence electrons. The maximum absolute atomic E-state index is 11.0. The van der Waals surface area contributed by atoms with E-state index in [0.717, 1.165) is 72.7 Å². The molecule has 3 aromatic carbocycles. The number of likely N-dealkylation sites (tertiary alicyclic amines) is 1. The summed E-state index contributed by atoms with van der Waals surface area (Å²) in [6.45, 7) is 0.525. The smallest absolute Gasteiger partial charge is 0.212 e. The van der Waals surface area contributed by atoms with Crippen LogP contribution in [0.25, 0.3) is 22.6 Å². The van der Waals surface area contributed by atoms with Gasteiger partial charge < -0.3 is 19.1 Å². The highest BCUT2D eigenvalue weighted by Crippen LogP contribution is 2.46. The van der Waals surface area contributed by atoms with Gasteiger partial charge in [0.2, 0.25) is 5.89 Å². The molecule has 0 radical (unpaired) electrons. The Kier molecular flexibility index (Phi) is 6.49. The first-order valence-electron chi connectivity index (χ1n) is 13.0. The molecule has 2 aliphatic rings. The number of ether oxygens (including phenoxy) is 1. The Bertz CT molecular complexity index is 1330. The molecule has 2 heterocycles. The Morgan fingerprint density at radius 1 is 0.919 bits per heavy atom. The van der Waals surface area contributed by atoms with Crippen LogP contribution in [0.3, 0.4) is 0 Å². The number of carbonyl (C=O) groups is 1. The molecule has 1 aromatic heterocycles. The Morgan fingerprint density at radius 3 is 2.41 bits per heavy atom. The second-order valence-electron chi connectivity index (χ2n) is 9.75. The molecule has 4 aromatic rings. The summed E-state index contributed by atoms with van der Waals surface area (Å²) < 4.78 is 12.2. The molecule has 6 heteroatoms. The number of rotatable bonds is 7. The van der Waals surface area contributed by atoms with Crippen molar-refractivity contribution in [3.05, 3.63) is 95.9 Å². The summed E-state index contributed by atoms with van der Waals surface area (Å²) in [6.07, 6.45) is 4.98. The topological polar surface area (TPSA) is 78.6 Å². The third-order valence-corrected chi connectivity index (χ3v) is 7.48. The molecule has 0 amide bonds. The summed E-state index contributed by atoms with van der Waals surface area (Å²) in [5, 5.41) is 11.0. The molecule has 1 aliphatic carbocycles. The zero-order valence-electron chi connectivity index (χ0n) is 20.6. The number of carbonyl (C=O) groups excluding carboxylic acids is 1. The summed E-state index contributed by atoms with van der Waals surface area (Å²) in [5.74, 6) is 0.996. The van der Waals surface area contributed by atoms with Gasteiger partial charge in [-0.1, -0.05) is 72.8 Å². The van der Waals surface area contributed by atoms with Gasteiger partial charge in [0, 0.05) is 17.2 Å². The van der Waals surface area contributed by atoms with Gasteiger partial charge in [0.15, 0.2) is 5.76 Å². The lowest BCUT2D eigenvalue weighted by atomic mass is 9.86. The van der Waals surface area contributed by atoms with Gasteiger partial charge in [0.1, 0.15) is 18.1 Å². The molecular formula is C31H29N2O4-. The van der Waals surface area contributed by atoms with Crippen LogP contribution in [0.15, 0.2) is 83.3 Å². The molecule has 37 heavy (non-hydrogen) atoms. The number of hydrogen-bond donors (Lipinski definition) is 0. The number of benzene rings is 3. The van der Waals surface area contributed by atoms with Crippen LogP contribution in [0.1, 0.15) is 54.8 Å². The van der Waals surface area contributed by atoms with E-state index in [1.165, 1.54) is 5.56 Å². The van der Waals surface area contributed by atoms with E-state index in [-0.39, 0.29) is 12.1 Å². The van der Waals surface area contributed by atoms with Crippen molar-refractivity contribution in [2.24, 2.45) is 0 Å². The second-order valence-corrected chi connectivity index (χ2v) is 9.75. The van der Waals surface area contributed by atoms with E-state index < -0.39 is 12.6 Å². The molecule has 0 bridgehead atoms. The summed E-state index contributed by atoms with van der Waals surface area (Å²) in [5.41, 5.74) is 5.25. The largest absolute Gasteiger partial charge is 0.546 e. The van der Waals surface area contributed by atoms with Gasteiger partial charge in [0.05, 0.1) is 12.0 Å². The number of carboxylic acid groups (broad SMARTS) is 1. The first kappa shape index (κ1) is 23.5. The number of aromatic nitrogens is 1. The van der Waals surface area contributed by atoms with Crippen molar-refractivity contribution in [2.75, 3.05) is 13.2 Å². The molecule has 1 fully saturated rings. The van der Waals surface area contributed by atoms with Crippen LogP contribution in [-0.4, -0.2) is 29.0 Å². The lowest BCUT2D eigenvalue weighted by Crippen LogP contribution is -2.32. The second kappa shape index (κ2) is 10.2. The Labute approximate surface area is 216 Å². The number of aliphatic carboxylic acids is 1. The molecule has 0 N–H and O–H groups in total. The fourth-order valence-corrected chi connectivity index (χ4v) is 5.89. The fourth-order valence-electron chi connectivity index (χ4n) is 5.89. The Hall–Kier alpha value is -3.90. The van der Waals surface area contributed by atoms with Crippen LogP contribution in [0.4, 0.5) is 0 Å². The molecule has 1 saturated heterocycles. The molecule has 6 nitrogen and oxygen atoms in total. The van der Waals surface area contributed by atoms with E-state index in [2.05, 4.69) is 35.2 Å². The van der Waals surface area contributed by atoms with E-state index in [0.29, 0.717) is 5.75 Å². The summed E-state index contributed by atoms with van der Waals surface area (Å²) in [7, 11) is 0. The number of fused-ring (bicyclic) bond motifs is 1. The van der Waals surface area contributed by atoms with E-state index >= 15 is 0 Å². The van der Waals surface area contributed by atoms with Gasteiger partial charge >= 0.3 is 0 Å². The SMILES string of the molecule is O=C([O-])COc1cccc2c1CCCC2N1CCCC1c1nc(-c2ccccc2)c(-c2ccccc2)o1. The number of oxazole rings is 1. The molecule has 1 aliphatic heterocycles. The first-order valence-corrected chi connectivity index (χ1v) is 13.0. The van der Waals surface area contributed by atoms with Gasteiger partial charge in [-0.15, -0.1) is 0 Å². The third kappa shape index (κ3) is 4.65. The van der Waals surface area contributed by atoms with Gasteiger partial charge in [-0.3, -0.25) is 4.90 Å². The molecule has 2 atom stereocenters. The van der Waals surface area contributed by atoms with Gasteiger partial charge in [0.25, 0.3) is 0 Å². The van der Waals surface area contributed by atoms with Crippen LogP contribution in [0.5, 0.6) is 5.75 Å². The molecular weight excluding hydrogens is 464 g/mol. The van der Waals surface area contributed by atoms with E-state index in [1.807, 2.05) is 48.5 Å². The minimum absolute atomic E-state index is 0.0728. The lowest BCUT2D eigenvalue weighted by Gasteiger charge is -2.36. The highest BCUT2D eigenvalue weighted by molar-refractivity contribution is 5.76. The quantitative estimate of drug-likeness (QED) is 0.345. The fraction of sp³-hybridized carbons (Fsp3) is 0.290. The van der Waals surface area contributed by atoms with Gasteiger partial charge in [-0.25, -0.2) is 4.98 Å². The van der Waals surface area contributed by atoms with Crippen molar-refractivity contribution >= 4 is 5.97 Å². The van der Waals surface area contributed by atoms with E-state index in [1.54, 1.807) is 0 Å². The van der Waals surface area contributed by atoms with Crippen LogP contribution < -0.4 is 9.84 Å². The zero-order valence-corrected chi connectivity index (χ0v) is 20.6. The van der Waals surface area contributed by atoms with Crippen molar-refractivity contribution in [3.8, 4) is 28.3 Å². The van der Waals surface area contributed by atoms with Crippen LogP contribution in [0.2, 0.25) is 0 Å². The van der Waals surface area contributed by atoms with Crippen molar-refractivity contribution in [1.29, 1.82) is 0 Å². The highest BCUT2D eigenvalue weighted by Gasteiger charge is 2.38. The average molecular weight is 494 g/mol. The van der Waals surface area contributed by atoms with Crippen molar-refractivity contribution in [3.63, 3.8) is 0 Å². The average Bonchev–Trinajstić information content (AvgIpc) is 3.60.